The van der Waals surface area contributed by atoms with Gasteiger partial charge >= 0.3 is 0 Å². The molecule has 3 atom stereocenters. The van der Waals surface area contributed by atoms with Crippen LogP contribution in [0.4, 0.5) is 0 Å². The molecule has 0 radical (unpaired) electrons. The molecule has 0 saturated heterocycles. The first-order valence-corrected chi connectivity index (χ1v) is 16.3. The van der Waals surface area contributed by atoms with Gasteiger partial charge in [0.25, 0.3) is 15.9 Å². The SMILES string of the molecule is CN[C@H](C(=O)N[C@H](C(=O)N(C)[C@H](C=C(C)C(=O)NS(=O)(=O)c1ccc(C)cc1)C(C)C)C(C)(C)C)C(C)(C)c1ccccc1. The van der Waals surface area contributed by atoms with Crippen LogP contribution in [0, 0.1) is 18.3 Å². The van der Waals surface area contributed by atoms with Gasteiger partial charge in [0.15, 0.2) is 0 Å². The molecule has 0 fully saturated rings. The Morgan fingerprint density at radius 3 is 1.91 bits per heavy atom. The number of carbonyl (C=O) groups is 3. The molecular formula is C34H50N4O5S. The molecule has 10 heteroatoms. The van der Waals surface area contributed by atoms with Crippen molar-refractivity contribution >= 4 is 27.7 Å². The Labute approximate surface area is 263 Å². The number of rotatable bonds is 12. The van der Waals surface area contributed by atoms with Gasteiger partial charge in [-0.3, -0.25) is 14.4 Å². The predicted octanol–water partition coefficient (Wildman–Crippen LogP) is 4.33. The minimum Gasteiger partial charge on any atom is -0.342 e. The molecule has 2 aromatic carbocycles. The fraction of sp³-hybridized carbons (Fsp3) is 0.500. The first-order valence-electron chi connectivity index (χ1n) is 14.9. The van der Waals surface area contributed by atoms with Crippen LogP contribution in [0.25, 0.3) is 0 Å². The number of nitrogens with one attached hydrogen (secondary N) is 3. The van der Waals surface area contributed by atoms with Crippen LogP contribution in [0.1, 0.15) is 66.5 Å². The molecule has 0 unspecified atom stereocenters. The molecule has 0 spiro atoms. The van der Waals surface area contributed by atoms with E-state index in [2.05, 4.69) is 15.4 Å². The highest BCUT2D eigenvalue weighted by atomic mass is 32.2. The Balaban J connectivity index is 2.33. The Bertz CT molecular complexity index is 1440. The maximum absolute atomic E-state index is 14.1. The van der Waals surface area contributed by atoms with E-state index in [9.17, 15) is 22.8 Å². The van der Waals surface area contributed by atoms with E-state index in [1.54, 1.807) is 32.3 Å². The van der Waals surface area contributed by atoms with Crippen molar-refractivity contribution in [2.24, 2.45) is 11.3 Å². The summed E-state index contributed by atoms with van der Waals surface area (Å²) in [5.74, 6) is -1.54. The van der Waals surface area contributed by atoms with Gasteiger partial charge in [-0.1, -0.05) is 103 Å². The number of nitrogens with zero attached hydrogens (tertiary/aromatic N) is 1. The summed E-state index contributed by atoms with van der Waals surface area (Å²) >= 11 is 0. The number of hydrogen-bond acceptors (Lipinski definition) is 6. The number of aryl methyl sites for hydroxylation is 1. The van der Waals surface area contributed by atoms with E-state index in [0.29, 0.717) is 0 Å². The van der Waals surface area contributed by atoms with Crippen LogP contribution in [-0.4, -0.2) is 63.3 Å². The number of hydrogen-bond donors (Lipinski definition) is 3. The van der Waals surface area contributed by atoms with Gasteiger partial charge in [-0.2, -0.15) is 0 Å². The van der Waals surface area contributed by atoms with E-state index in [4.69, 9.17) is 0 Å². The Hall–Kier alpha value is -3.50. The molecule has 2 rings (SSSR count). The molecule has 3 N–H and O–H groups in total. The second-order valence-corrected chi connectivity index (χ2v) is 15.1. The van der Waals surface area contributed by atoms with Crippen LogP contribution in [0.3, 0.4) is 0 Å². The molecule has 44 heavy (non-hydrogen) atoms. The molecule has 3 amide bonds. The van der Waals surface area contributed by atoms with Crippen molar-refractivity contribution < 1.29 is 22.8 Å². The van der Waals surface area contributed by atoms with Gasteiger partial charge in [0.2, 0.25) is 11.8 Å². The second kappa shape index (κ2) is 14.5. The maximum Gasteiger partial charge on any atom is 0.264 e. The Kier molecular flexibility index (Phi) is 12.1. The van der Waals surface area contributed by atoms with Crippen LogP contribution in [0.15, 0.2) is 71.1 Å². The third kappa shape index (κ3) is 9.01. The third-order valence-electron chi connectivity index (χ3n) is 8.01. The number of carbonyl (C=O) groups excluding carboxylic acids is 3. The molecule has 0 heterocycles. The van der Waals surface area contributed by atoms with Crippen molar-refractivity contribution in [3.8, 4) is 0 Å². The number of amides is 3. The van der Waals surface area contributed by atoms with Crippen LogP contribution in [-0.2, 0) is 29.8 Å². The maximum atomic E-state index is 14.1. The third-order valence-corrected chi connectivity index (χ3v) is 9.35. The average molecular weight is 627 g/mol. The van der Waals surface area contributed by atoms with E-state index < -0.39 is 44.9 Å². The average Bonchev–Trinajstić information content (AvgIpc) is 2.93. The van der Waals surface area contributed by atoms with Crippen molar-refractivity contribution in [1.29, 1.82) is 0 Å². The molecule has 242 valence electrons. The zero-order valence-electron chi connectivity index (χ0n) is 28.0. The van der Waals surface area contributed by atoms with Crippen LogP contribution < -0.4 is 15.4 Å². The molecule has 0 aliphatic heterocycles. The molecule has 0 saturated carbocycles. The molecule has 0 bridgehead atoms. The van der Waals surface area contributed by atoms with Gasteiger partial charge in [0, 0.05) is 18.0 Å². The lowest BCUT2D eigenvalue weighted by Crippen LogP contribution is -2.61. The van der Waals surface area contributed by atoms with Gasteiger partial charge in [0.05, 0.1) is 17.0 Å². The summed E-state index contributed by atoms with van der Waals surface area (Å²) < 4.78 is 27.7. The number of sulfonamides is 1. The zero-order valence-corrected chi connectivity index (χ0v) is 28.8. The molecule has 2 aromatic rings. The van der Waals surface area contributed by atoms with Crippen molar-refractivity contribution in [2.45, 2.75) is 90.7 Å². The largest absolute Gasteiger partial charge is 0.342 e. The first-order chi connectivity index (χ1) is 20.2. The first kappa shape index (κ1) is 36.7. The predicted molar refractivity (Wildman–Crippen MR) is 175 cm³/mol. The molecule has 0 aromatic heterocycles. The summed E-state index contributed by atoms with van der Waals surface area (Å²) in [4.78, 5) is 42.3. The summed E-state index contributed by atoms with van der Waals surface area (Å²) in [6.07, 6.45) is 1.60. The van der Waals surface area contributed by atoms with E-state index in [0.717, 1.165) is 11.1 Å². The number of benzene rings is 2. The summed E-state index contributed by atoms with van der Waals surface area (Å²) in [5.41, 5.74) is 0.800. The van der Waals surface area contributed by atoms with Crippen molar-refractivity contribution in [1.82, 2.24) is 20.3 Å². The fourth-order valence-electron chi connectivity index (χ4n) is 5.14. The standard InChI is InChI=1S/C34H50N4O5S/c1-22(2)27(21-24(4)30(39)37-44(42,43)26-19-17-23(3)18-20-26)38(11)32(41)29(33(5,6)7)36-31(40)28(35-10)34(8,9)25-15-13-12-14-16-25/h12-22,27-29,35H,1-11H3,(H,36,40)(H,37,39)/t27-,28-,29-/m1/s1. The highest BCUT2D eigenvalue weighted by Crippen LogP contribution is 2.29. The van der Waals surface area contributed by atoms with Gasteiger partial charge in [0.1, 0.15) is 6.04 Å². The van der Waals surface area contributed by atoms with Gasteiger partial charge in [-0.15, -0.1) is 0 Å². The monoisotopic (exact) mass is 626 g/mol. The quantitative estimate of drug-likeness (QED) is 0.302. The van der Waals surface area contributed by atoms with Crippen LogP contribution >= 0.6 is 0 Å². The number of likely N-dealkylation sites (N-methyl/N-ethyl adjacent to an activating group) is 2. The van der Waals surface area contributed by atoms with Crippen molar-refractivity contribution in [3.63, 3.8) is 0 Å². The Morgan fingerprint density at radius 1 is 0.886 bits per heavy atom. The van der Waals surface area contributed by atoms with Crippen LogP contribution in [0.2, 0.25) is 0 Å². The fourth-order valence-corrected chi connectivity index (χ4v) is 6.16. The zero-order chi connectivity index (χ0) is 33.6. The van der Waals surface area contributed by atoms with Gasteiger partial charge in [-0.05, 0) is 49.9 Å². The van der Waals surface area contributed by atoms with E-state index in [1.165, 1.54) is 24.0 Å². The van der Waals surface area contributed by atoms with Crippen molar-refractivity contribution in [2.75, 3.05) is 14.1 Å². The van der Waals surface area contributed by atoms with Gasteiger partial charge in [-0.25, -0.2) is 13.1 Å². The van der Waals surface area contributed by atoms with Crippen LogP contribution in [0.5, 0.6) is 0 Å². The molecule has 9 nitrogen and oxygen atoms in total. The normalized spacial score (nSPS) is 14.9. The lowest BCUT2D eigenvalue weighted by Gasteiger charge is -2.40. The minimum absolute atomic E-state index is 0.0176. The minimum atomic E-state index is -4.08. The molecule has 0 aliphatic rings. The lowest BCUT2D eigenvalue weighted by molar-refractivity contribution is -0.140. The highest BCUT2D eigenvalue weighted by molar-refractivity contribution is 7.90. The molecule has 0 aliphatic carbocycles. The molecular weight excluding hydrogens is 576 g/mol. The van der Waals surface area contributed by atoms with E-state index in [-0.39, 0.29) is 28.2 Å². The Morgan fingerprint density at radius 2 is 1.43 bits per heavy atom. The summed E-state index contributed by atoms with van der Waals surface area (Å²) in [6, 6.07) is 13.8. The summed E-state index contributed by atoms with van der Waals surface area (Å²) in [7, 11) is -0.723. The summed E-state index contributed by atoms with van der Waals surface area (Å²) in [5, 5.41) is 6.15. The van der Waals surface area contributed by atoms with E-state index >= 15 is 0 Å². The van der Waals surface area contributed by atoms with E-state index in [1.807, 2.05) is 85.7 Å². The second-order valence-electron chi connectivity index (χ2n) is 13.4. The summed E-state index contributed by atoms with van der Waals surface area (Å²) in [6.45, 7) is 16.8. The smallest absolute Gasteiger partial charge is 0.264 e. The van der Waals surface area contributed by atoms with Gasteiger partial charge < -0.3 is 15.5 Å². The lowest BCUT2D eigenvalue weighted by atomic mass is 9.76. The topological polar surface area (TPSA) is 125 Å². The highest BCUT2D eigenvalue weighted by Gasteiger charge is 2.41. The van der Waals surface area contributed by atoms with Crippen molar-refractivity contribution in [3.05, 3.63) is 77.4 Å².